The summed E-state index contributed by atoms with van der Waals surface area (Å²) < 4.78 is 29.1. The van der Waals surface area contributed by atoms with Crippen LogP contribution in [0.5, 0.6) is 17.2 Å². The van der Waals surface area contributed by atoms with Gasteiger partial charge in [-0.1, -0.05) is 6.08 Å². The molecule has 0 aliphatic carbocycles. The van der Waals surface area contributed by atoms with E-state index in [9.17, 15) is 20.4 Å². The van der Waals surface area contributed by atoms with Gasteiger partial charge in [0.05, 0.1) is 13.7 Å². The minimum Gasteiger partial charge on any atom is -0.490 e. The Morgan fingerprint density at radius 1 is 1.13 bits per heavy atom. The van der Waals surface area contributed by atoms with Crippen LogP contribution in [0.2, 0.25) is 0 Å². The van der Waals surface area contributed by atoms with E-state index in [4.69, 9.17) is 23.7 Å². The summed E-state index contributed by atoms with van der Waals surface area (Å²) in [6, 6.07) is 1.95. The van der Waals surface area contributed by atoms with Crippen molar-refractivity contribution in [1.29, 1.82) is 0 Å². The van der Waals surface area contributed by atoms with Crippen LogP contribution >= 0.6 is 0 Å². The number of aliphatic hydroxyl groups is 4. The molecular weight excluding hydrogens is 396 g/mol. The van der Waals surface area contributed by atoms with Gasteiger partial charge in [-0.15, -0.1) is 0 Å². The molecule has 6 atom stereocenters. The van der Waals surface area contributed by atoms with Crippen LogP contribution in [0.25, 0.3) is 6.08 Å². The highest BCUT2D eigenvalue weighted by Gasteiger charge is 2.48. The summed E-state index contributed by atoms with van der Waals surface area (Å²) in [7, 11) is 1.56. The van der Waals surface area contributed by atoms with Crippen LogP contribution in [0, 0.1) is 0 Å². The first-order chi connectivity index (χ1) is 14.3. The molecule has 1 saturated heterocycles. The van der Waals surface area contributed by atoms with E-state index in [-0.39, 0.29) is 0 Å². The summed E-state index contributed by atoms with van der Waals surface area (Å²) >= 11 is 0. The fourth-order valence-electron chi connectivity index (χ4n) is 4.05. The Morgan fingerprint density at radius 2 is 1.90 bits per heavy atom. The molecule has 0 amide bonds. The van der Waals surface area contributed by atoms with E-state index in [2.05, 4.69) is 0 Å². The molecule has 30 heavy (non-hydrogen) atoms. The Hall–Kier alpha value is -1.88. The van der Waals surface area contributed by atoms with Crippen molar-refractivity contribution in [3.8, 4) is 17.2 Å². The lowest BCUT2D eigenvalue weighted by atomic mass is 9.89. The molecule has 0 saturated carbocycles. The standard InChI is InChI=1S/C21H28O9/c1-21(2)13(29-20-16(25)15(24)14(23)12(9-22)28-20)8-11-7-10-5-4-6-27-17(10)19(26-3)18(11)30-21/h4-5,7,12-16,20,22-25H,6,8-9H2,1-3H3/t12-,13+,14-,15-,16-,20+/m1/s1. The van der Waals surface area contributed by atoms with Crippen LogP contribution < -0.4 is 14.2 Å². The Balaban J connectivity index is 1.62. The molecule has 166 valence electrons. The second-order valence-corrected chi connectivity index (χ2v) is 8.26. The lowest BCUT2D eigenvalue weighted by Gasteiger charge is -2.45. The van der Waals surface area contributed by atoms with Gasteiger partial charge in [0, 0.05) is 17.5 Å². The minimum absolute atomic E-state index is 0.425. The predicted molar refractivity (Wildman–Crippen MR) is 105 cm³/mol. The zero-order chi connectivity index (χ0) is 21.6. The quantitative estimate of drug-likeness (QED) is 0.528. The van der Waals surface area contributed by atoms with Gasteiger partial charge in [0.25, 0.3) is 0 Å². The van der Waals surface area contributed by atoms with Gasteiger partial charge in [0.1, 0.15) is 42.7 Å². The third kappa shape index (κ3) is 3.55. The van der Waals surface area contributed by atoms with Gasteiger partial charge < -0.3 is 44.1 Å². The molecule has 0 bridgehead atoms. The molecule has 0 unspecified atom stereocenters. The van der Waals surface area contributed by atoms with E-state index < -0.39 is 49.0 Å². The van der Waals surface area contributed by atoms with Crippen LogP contribution in [0.15, 0.2) is 12.1 Å². The molecule has 4 rings (SSSR count). The molecular formula is C21H28O9. The number of hydrogen-bond donors (Lipinski definition) is 4. The third-order valence-electron chi connectivity index (χ3n) is 5.81. The van der Waals surface area contributed by atoms with Gasteiger partial charge in [-0.25, -0.2) is 0 Å². The Labute approximate surface area is 174 Å². The average molecular weight is 424 g/mol. The van der Waals surface area contributed by atoms with Crippen molar-refractivity contribution in [1.82, 2.24) is 0 Å². The Bertz CT molecular complexity index is 819. The first-order valence-corrected chi connectivity index (χ1v) is 9.95. The monoisotopic (exact) mass is 424 g/mol. The second kappa shape index (κ2) is 7.99. The van der Waals surface area contributed by atoms with E-state index in [0.29, 0.717) is 30.3 Å². The topological polar surface area (TPSA) is 127 Å². The van der Waals surface area contributed by atoms with Crippen molar-refractivity contribution in [2.24, 2.45) is 0 Å². The molecule has 3 heterocycles. The maximum absolute atomic E-state index is 10.3. The second-order valence-electron chi connectivity index (χ2n) is 8.26. The van der Waals surface area contributed by atoms with Crippen molar-refractivity contribution >= 4 is 6.08 Å². The SMILES string of the molecule is COc1c2c(cc3c1OC(C)(C)[C@@H](O[C@@H]1O[C@H](CO)[C@@H](O)[C@@H](O)[C@H]1O)C3)C=CCO2. The first kappa shape index (κ1) is 21.4. The van der Waals surface area contributed by atoms with Crippen molar-refractivity contribution in [2.75, 3.05) is 20.3 Å². The van der Waals surface area contributed by atoms with Crippen LogP contribution in [0.1, 0.15) is 25.0 Å². The van der Waals surface area contributed by atoms with Crippen molar-refractivity contribution in [3.05, 3.63) is 23.3 Å². The Kier molecular flexibility index (Phi) is 5.69. The highest BCUT2D eigenvalue weighted by molar-refractivity contribution is 5.70. The van der Waals surface area contributed by atoms with E-state index in [1.165, 1.54) is 0 Å². The van der Waals surface area contributed by atoms with E-state index >= 15 is 0 Å². The van der Waals surface area contributed by atoms with Crippen molar-refractivity contribution in [2.45, 2.75) is 62.7 Å². The summed E-state index contributed by atoms with van der Waals surface area (Å²) in [5.74, 6) is 1.72. The minimum atomic E-state index is -1.50. The lowest BCUT2D eigenvalue weighted by molar-refractivity contribution is -0.321. The summed E-state index contributed by atoms with van der Waals surface area (Å²) in [5.41, 5.74) is 0.874. The van der Waals surface area contributed by atoms with Crippen molar-refractivity contribution in [3.63, 3.8) is 0 Å². The van der Waals surface area contributed by atoms with Gasteiger partial charge in [0.15, 0.2) is 17.8 Å². The number of ether oxygens (including phenoxy) is 5. The molecule has 9 heteroatoms. The predicted octanol–water partition coefficient (Wildman–Crippen LogP) is -0.000600. The van der Waals surface area contributed by atoms with Crippen LogP contribution in [0.4, 0.5) is 0 Å². The maximum atomic E-state index is 10.3. The smallest absolute Gasteiger partial charge is 0.204 e. The molecule has 1 aromatic carbocycles. The van der Waals surface area contributed by atoms with Crippen LogP contribution in [-0.2, 0) is 15.9 Å². The summed E-state index contributed by atoms with van der Waals surface area (Å²) in [5, 5.41) is 39.8. The van der Waals surface area contributed by atoms with Gasteiger partial charge in [0.2, 0.25) is 5.75 Å². The normalized spacial score (nSPS) is 34.4. The number of fused-ring (bicyclic) bond motifs is 2. The van der Waals surface area contributed by atoms with Crippen LogP contribution in [-0.4, -0.2) is 83.2 Å². The maximum Gasteiger partial charge on any atom is 0.204 e. The molecule has 4 N–H and O–H groups in total. The number of rotatable bonds is 4. The fraction of sp³-hybridized carbons (Fsp3) is 0.619. The largest absolute Gasteiger partial charge is 0.490 e. The van der Waals surface area contributed by atoms with E-state index in [1.54, 1.807) is 7.11 Å². The Morgan fingerprint density at radius 3 is 2.60 bits per heavy atom. The molecule has 3 aliphatic rings. The van der Waals surface area contributed by atoms with Gasteiger partial charge >= 0.3 is 0 Å². The number of benzene rings is 1. The zero-order valence-corrected chi connectivity index (χ0v) is 17.1. The van der Waals surface area contributed by atoms with E-state index in [0.717, 1.165) is 11.1 Å². The summed E-state index contributed by atoms with van der Waals surface area (Å²) in [6.07, 6.45) is -2.97. The summed E-state index contributed by atoms with van der Waals surface area (Å²) in [4.78, 5) is 0. The lowest BCUT2D eigenvalue weighted by Crippen LogP contribution is -2.61. The molecule has 0 spiro atoms. The molecule has 0 radical (unpaired) electrons. The van der Waals surface area contributed by atoms with Crippen LogP contribution in [0.3, 0.4) is 0 Å². The fourth-order valence-corrected chi connectivity index (χ4v) is 4.05. The third-order valence-corrected chi connectivity index (χ3v) is 5.81. The number of methoxy groups -OCH3 is 1. The van der Waals surface area contributed by atoms with Gasteiger partial charge in [-0.3, -0.25) is 0 Å². The van der Waals surface area contributed by atoms with Gasteiger partial charge in [-0.2, -0.15) is 0 Å². The molecule has 3 aliphatic heterocycles. The first-order valence-electron chi connectivity index (χ1n) is 9.95. The number of aliphatic hydroxyl groups excluding tert-OH is 4. The zero-order valence-electron chi connectivity index (χ0n) is 17.1. The summed E-state index contributed by atoms with van der Waals surface area (Å²) in [6.45, 7) is 3.61. The molecule has 1 fully saturated rings. The highest BCUT2D eigenvalue weighted by atomic mass is 16.7. The molecule has 9 nitrogen and oxygen atoms in total. The molecule has 0 aromatic heterocycles. The average Bonchev–Trinajstić information content (AvgIpc) is 2.72. The van der Waals surface area contributed by atoms with Gasteiger partial charge in [-0.05, 0) is 26.0 Å². The van der Waals surface area contributed by atoms with Crippen molar-refractivity contribution < 1.29 is 44.1 Å². The molecule has 1 aromatic rings. The van der Waals surface area contributed by atoms with E-state index in [1.807, 2.05) is 32.1 Å². The number of hydrogen-bond acceptors (Lipinski definition) is 9. The highest BCUT2D eigenvalue weighted by Crippen LogP contribution is 2.49.